The lowest BCUT2D eigenvalue weighted by molar-refractivity contribution is 0.251. The first kappa shape index (κ1) is 44.2. The van der Waals surface area contributed by atoms with Crippen molar-refractivity contribution in [2.45, 2.75) is 66.6 Å². The van der Waals surface area contributed by atoms with Crippen molar-refractivity contribution in [3.05, 3.63) is 190 Å². The minimum atomic E-state index is -1.67. The van der Waals surface area contributed by atoms with Gasteiger partial charge in [0.2, 0.25) is 9.23 Å². The maximum absolute atomic E-state index is 9.47. The number of benzene rings is 6. The van der Waals surface area contributed by atoms with Crippen molar-refractivity contribution in [3.8, 4) is 23.0 Å². The van der Waals surface area contributed by atoms with Crippen molar-refractivity contribution >= 4 is 42.2 Å². The molecule has 0 heterocycles. The molecular formula is C46H49Cl3O6S. The number of rotatable bonds is 14. The van der Waals surface area contributed by atoms with Crippen molar-refractivity contribution in [2.75, 3.05) is 0 Å². The van der Waals surface area contributed by atoms with Crippen LogP contribution in [0.3, 0.4) is 0 Å². The summed E-state index contributed by atoms with van der Waals surface area (Å²) in [5, 5.41) is 9.47. The SMILES string of the molecule is Cc1cc(CCl)cc(OCc2ccccc2)c1OCc1ccccc1.Cc1cc(CO)cc(OCc2ccccc2)c1OCc1ccccc1.O=S(Cl)Cl.[2H]CC. The molecule has 0 aliphatic heterocycles. The van der Waals surface area contributed by atoms with Crippen molar-refractivity contribution in [1.82, 2.24) is 0 Å². The van der Waals surface area contributed by atoms with Crippen LogP contribution in [0.4, 0.5) is 0 Å². The van der Waals surface area contributed by atoms with E-state index in [2.05, 4.69) is 21.4 Å². The summed E-state index contributed by atoms with van der Waals surface area (Å²) in [7, 11) is 7.36. The van der Waals surface area contributed by atoms with Crippen LogP contribution in [-0.4, -0.2) is 9.32 Å². The van der Waals surface area contributed by atoms with Gasteiger partial charge in [0.15, 0.2) is 23.0 Å². The fourth-order valence-corrected chi connectivity index (χ4v) is 5.46. The highest BCUT2D eigenvalue weighted by atomic mass is 36.0. The quantitative estimate of drug-likeness (QED) is 0.0870. The first-order valence-electron chi connectivity index (χ1n) is 18.5. The molecule has 0 fully saturated rings. The first-order valence-corrected chi connectivity index (χ1v) is 21.1. The maximum atomic E-state index is 9.47. The summed E-state index contributed by atoms with van der Waals surface area (Å²) in [5.41, 5.74) is 8.23. The largest absolute Gasteiger partial charge is 0.485 e. The molecular weight excluding hydrogens is 787 g/mol. The van der Waals surface area contributed by atoms with Gasteiger partial charge in [-0.2, -0.15) is 0 Å². The van der Waals surface area contributed by atoms with Gasteiger partial charge in [-0.3, -0.25) is 0 Å². The smallest absolute Gasteiger partial charge is 0.211 e. The molecule has 56 heavy (non-hydrogen) atoms. The van der Waals surface area contributed by atoms with Crippen LogP contribution in [0.15, 0.2) is 146 Å². The van der Waals surface area contributed by atoms with E-state index in [-0.39, 0.29) is 6.61 Å². The Morgan fingerprint density at radius 3 is 1.12 bits per heavy atom. The molecule has 6 nitrogen and oxygen atoms in total. The molecule has 0 radical (unpaired) electrons. The van der Waals surface area contributed by atoms with Gasteiger partial charge in [-0.25, -0.2) is 4.21 Å². The Balaban J connectivity index is 0.000000263. The zero-order valence-electron chi connectivity index (χ0n) is 32.8. The van der Waals surface area contributed by atoms with E-state index in [1.165, 1.54) is 0 Å². The lowest BCUT2D eigenvalue weighted by Crippen LogP contribution is -2.03. The number of alkyl halides is 1. The van der Waals surface area contributed by atoms with Crippen molar-refractivity contribution in [3.63, 3.8) is 0 Å². The van der Waals surface area contributed by atoms with Gasteiger partial charge in [0.25, 0.3) is 0 Å². The van der Waals surface area contributed by atoms with Crippen molar-refractivity contribution < 1.29 is 29.6 Å². The average molecular weight is 837 g/mol. The Labute approximate surface area is 349 Å². The van der Waals surface area contributed by atoms with Gasteiger partial charge in [0, 0.05) is 28.6 Å². The van der Waals surface area contributed by atoms with Gasteiger partial charge < -0.3 is 24.1 Å². The summed E-state index contributed by atoms with van der Waals surface area (Å²) in [6.45, 7) is 8.18. The zero-order chi connectivity index (χ0) is 41.3. The van der Waals surface area contributed by atoms with Gasteiger partial charge in [0.05, 0.1) is 6.61 Å². The number of aliphatic hydroxyl groups excluding tert-OH is 1. The molecule has 6 rings (SSSR count). The van der Waals surface area contributed by atoms with E-state index in [0.29, 0.717) is 45.0 Å². The molecule has 0 aliphatic carbocycles. The lowest BCUT2D eigenvalue weighted by atomic mass is 10.1. The monoisotopic (exact) mass is 835 g/mol. The predicted octanol–water partition coefficient (Wildman–Crippen LogP) is 12.6. The van der Waals surface area contributed by atoms with Crippen molar-refractivity contribution in [2.24, 2.45) is 0 Å². The summed E-state index contributed by atoms with van der Waals surface area (Å²) >= 11 is 6.02. The summed E-state index contributed by atoms with van der Waals surface area (Å²) in [5.74, 6) is 3.33. The minimum Gasteiger partial charge on any atom is -0.485 e. The van der Waals surface area contributed by atoms with Gasteiger partial charge in [-0.05, 0) is 76.6 Å². The second-order valence-corrected chi connectivity index (χ2v) is 14.8. The molecule has 0 aromatic heterocycles. The van der Waals surface area contributed by atoms with Crippen LogP contribution in [0.1, 0.15) is 59.7 Å². The topological polar surface area (TPSA) is 74.2 Å². The van der Waals surface area contributed by atoms with Crippen LogP contribution in [-0.2, 0) is 48.1 Å². The summed E-state index contributed by atoms with van der Waals surface area (Å²) < 4.78 is 39.5. The molecule has 10 heteroatoms. The first-order chi connectivity index (χ1) is 27.7. The second kappa shape index (κ2) is 26.4. The molecule has 6 aromatic rings. The van der Waals surface area contributed by atoms with Crippen LogP contribution in [0.2, 0.25) is 0 Å². The number of hydrogen-bond acceptors (Lipinski definition) is 6. The van der Waals surface area contributed by atoms with E-state index in [9.17, 15) is 5.11 Å². The average Bonchev–Trinajstić information content (AvgIpc) is 3.23. The number of ether oxygens (including phenoxy) is 4. The molecule has 0 aliphatic rings. The normalized spacial score (nSPS) is 10.3. The number of hydrogen-bond donors (Lipinski definition) is 1. The molecule has 0 amide bonds. The van der Waals surface area contributed by atoms with Gasteiger partial charge >= 0.3 is 0 Å². The third kappa shape index (κ3) is 16.7. The highest BCUT2D eigenvalue weighted by Gasteiger charge is 2.13. The van der Waals surface area contributed by atoms with E-state index in [0.717, 1.165) is 61.8 Å². The highest BCUT2D eigenvalue weighted by Crippen LogP contribution is 2.35. The molecule has 0 saturated heterocycles. The Bertz CT molecular complexity index is 1880. The molecule has 0 spiro atoms. The van der Waals surface area contributed by atoms with Crippen LogP contribution >= 0.6 is 33.0 Å². The van der Waals surface area contributed by atoms with E-state index in [1.54, 1.807) is 6.92 Å². The summed E-state index contributed by atoms with van der Waals surface area (Å²) in [6, 6.07) is 48.0. The Morgan fingerprint density at radius 2 is 0.821 bits per heavy atom. The van der Waals surface area contributed by atoms with Gasteiger partial charge in [0.1, 0.15) is 26.4 Å². The molecule has 296 valence electrons. The summed E-state index contributed by atoms with van der Waals surface area (Å²) in [4.78, 5) is 0. The lowest BCUT2D eigenvalue weighted by Gasteiger charge is -2.16. The molecule has 0 atom stereocenters. The molecule has 0 bridgehead atoms. The van der Waals surface area contributed by atoms with Crippen LogP contribution in [0.25, 0.3) is 0 Å². The molecule has 1 N–H and O–H groups in total. The van der Waals surface area contributed by atoms with E-state index in [4.69, 9.17) is 36.1 Å². The maximum Gasteiger partial charge on any atom is 0.211 e. The van der Waals surface area contributed by atoms with E-state index >= 15 is 0 Å². The standard InChI is InChI=1S/C22H21ClO2.C22H22O3.C2H6.Cl2OS/c2*1-17-12-20(14-23)13-21(24-15-18-8-4-2-5-9-18)22(17)25-16-19-10-6-3-7-11-19;1-2;1-4(2)3/h2-13H,14-16H2,1H3;2-13,23H,14-16H2,1H3;1-2H3;/i;;1D;. The van der Waals surface area contributed by atoms with Gasteiger partial charge in [-0.1, -0.05) is 141 Å². The van der Waals surface area contributed by atoms with E-state index in [1.807, 2.05) is 159 Å². The highest BCUT2D eigenvalue weighted by molar-refractivity contribution is 8.26. The summed E-state index contributed by atoms with van der Waals surface area (Å²) in [6.07, 6.45) is 0. The molecule has 6 aromatic carbocycles. The minimum absolute atomic E-state index is 0.0263. The van der Waals surface area contributed by atoms with Gasteiger partial charge in [-0.15, -0.1) is 11.6 Å². The second-order valence-electron chi connectivity index (χ2n) is 12.1. The van der Waals surface area contributed by atoms with Crippen LogP contribution in [0.5, 0.6) is 23.0 Å². The van der Waals surface area contributed by atoms with Crippen molar-refractivity contribution in [1.29, 1.82) is 0 Å². The molecule has 0 unspecified atom stereocenters. The molecule has 0 saturated carbocycles. The Morgan fingerprint density at radius 1 is 0.536 bits per heavy atom. The Hall–Kier alpha value is -4.50. The third-order valence-electron chi connectivity index (χ3n) is 7.86. The fraction of sp³-hybridized carbons (Fsp3) is 0.217. The fourth-order valence-electron chi connectivity index (χ4n) is 5.31. The van der Waals surface area contributed by atoms with E-state index < -0.39 is 9.23 Å². The zero-order valence-corrected chi connectivity index (χ0v) is 34.9. The Kier molecular flexibility index (Phi) is 20.8. The number of aliphatic hydroxyl groups is 1. The number of halogens is 3. The number of aryl methyl sites for hydroxylation is 2. The third-order valence-corrected chi connectivity index (χ3v) is 8.17. The van der Waals surface area contributed by atoms with Crippen LogP contribution < -0.4 is 18.9 Å². The van der Waals surface area contributed by atoms with Crippen LogP contribution in [0, 0.1) is 13.8 Å². The predicted molar refractivity (Wildman–Crippen MR) is 232 cm³/mol.